The maximum atomic E-state index is 14.5. The van der Waals surface area contributed by atoms with Gasteiger partial charge in [-0.2, -0.15) is 5.10 Å². The van der Waals surface area contributed by atoms with Crippen molar-refractivity contribution in [3.63, 3.8) is 0 Å². The Hall–Kier alpha value is -3.06. The number of halogens is 1. The Kier molecular flexibility index (Phi) is 5.06. The Bertz CT molecular complexity index is 1200. The van der Waals surface area contributed by atoms with Crippen LogP contribution in [-0.4, -0.2) is 46.2 Å². The topological polar surface area (TPSA) is 78.1 Å². The minimum Gasteiger partial charge on any atom is -0.335 e. The summed E-state index contributed by atoms with van der Waals surface area (Å²) < 4.78 is 14.5. The van der Waals surface area contributed by atoms with Gasteiger partial charge >= 0.3 is 0 Å². The molecule has 1 aromatic heterocycles. The molecule has 1 saturated heterocycles. The molecule has 2 aromatic carbocycles. The molecular formula is C24H25FN4O2. The molecule has 6 nitrogen and oxygen atoms in total. The zero-order valence-electron chi connectivity index (χ0n) is 17.4. The van der Waals surface area contributed by atoms with Crippen molar-refractivity contribution in [2.75, 3.05) is 13.1 Å². The first-order valence-corrected chi connectivity index (χ1v) is 10.8. The van der Waals surface area contributed by atoms with E-state index < -0.39 is 5.82 Å². The highest BCUT2D eigenvalue weighted by molar-refractivity contribution is 5.95. The predicted molar refractivity (Wildman–Crippen MR) is 117 cm³/mol. The molecule has 1 atom stereocenters. The maximum Gasteiger partial charge on any atom is 0.272 e. The Balaban J connectivity index is 1.31. The predicted octanol–water partition coefficient (Wildman–Crippen LogP) is 2.87. The summed E-state index contributed by atoms with van der Waals surface area (Å²) in [6, 6.07) is 12.6. The minimum absolute atomic E-state index is 0.0833. The second-order valence-corrected chi connectivity index (χ2v) is 8.74. The highest BCUT2D eigenvalue weighted by Crippen LogP contribution is 2.33. The van der Waals surface area contributed by atoms with E-state index in [1.54, 1.807) is 29.2 Å². The summed E-state index contributed by atoms with van der Waals surface area (Å²) in [6.45, 7) is 3.40. The lowest BCUT2D eigenvalue weighted by molar-refractivity contribution is 0.0546. The number of benzene rings is 2. The van der Waals surface area contributed by atoms with Crippen molar-refractivity contribution in [1.82, 2.24) is 20.4 Å². The monoisotopic (exact) mass is 420 g/mol. The van der Waals surface area contributed by atoms with Crippen molar-refractivity contribution < 1.29 is 9.18 Å². The van der Waals surface area contributed by atoms with Gasteiger partial charge < -0.3 is 10.2 Å². The fourth-order valence-electron chi connectivity index (χ4n) is 4.37. The third-order valence-electron chi connectivity index (χ3n) is 6.40. The Labute approximate surface area is 179 Å². The minimum atomic E-state index is -0.518. The largest absolute Gasteiger partial charge is 0.335 e. The molecule has 1 aliphatic heterocycles. The van der Waals surface area contributed by atoms with Gasteiger partial charge in [0, 0.05) is 37.0 Å². The zero-order valence-corrected chi connectivity index (χ0v) is 17.4. The van der Waals surface area contributed by atoms with Crippen molar-refractivity contribution in [2.45, 2.75) is 38.3 Å². The smallest absolute Gasteiger partial charge is 0.272 e. The van der Waals surface area contributed by atoms with Crippen LogP contribution in [0.1, 0.15) is 41.4 Å². The molecule has 160 valence electrons. The SMILES string of the molecule is CC(NC1CN(C(=O)c2cc(Cc3n[nH]c(=O)c4ccccc34)ccc2F)C1)C1CC1. The number of nitrogens with zero attached hydrogens (tertiary/aromatic N) is 2. The van der Waals surface area contributed by atoms with Gasteiger partial charge in [-0.05, 0) is 49.4 Å². The summed E-state index contributed by atoms with van der Waals surface area (Å²) in [4.78, 5) is 26.6. The van der Waals surface area contributed by atoms with Crippen LogP contribution in [0.2, 0.25) is 0 Å². The number of carbonyl (C=O) groups excluding carboxylic acids is 1. The van der Waals surface area contributed by atoms with Gasteiger partial charge in [-0.15, -0.1) is 0 Å². The van der Waals surface area contributed by atoms with E-state index in [0.717, 1.165) is 16.9 Å². The first kappa shape index (κ1) is 19.9. The van der Waals surface area contributed by atoms with Gasteiger partial charge in [0.05, 0.1) is 16.6 Å². The zero-order chi connectivity index (χ0) is 21.5. The second-order valence-electron chi connectivity index (χ2n) is 8.74. The van der Waals surface area contributed by atoms with Gasteiger partial charge in [-0.3, -0.25) is 9.59 Å². The van der Waals surface area contributed by atoms with E-state index in [9.17, 15) is 14.0 Å². The molecule has 1 unspecified atom stereocenters. The molecule has 1 aliphatic carbocycles. The fraction of sp³-hybridized carbons (Fsp3) is 0.375. The number of aromatic nitrogens is 2. The number of likely N-dealkylation sites (tertiary alicyclic amines) is 1. The molecule has 2 fully saturated rings. The normalized spacial score (nSPS) is 17.5. The second kappa shape index (κ2) is 7.89. The molecule has 2 N–H and O–H groups in total. The van der Waals surface area contributed by atoms with Gasteiger partial charge in [0.25, 0.3) is 11.5 Å². The van der Waals surface area contributed by atoms with E-state index in [-0.39, 0.29) is 23.1 Å². The molecular weight excluding hydrogens is 395 g/mol. The number of hydrogen-bond acceptors (Lipinski definition) is 4. The van der Waals surface area contributed by atoms with Gasteiger partial charge in [0.2, 0.25) is 0 Å². The first-order chi connectivity index (χ1) is 15.0. The van der Waals surface area contributed by atoms with E-state index in [0.29, 0.717) is 36.6 Å². The third kappa shape index (κ3) is 3.97. The number of carbonyl (C=O) groups is 1. The van der Waals surface area contributed by atoms with Crippen LogP contribution in [0.15, 0.2) is 47.3 Å². The molecule has 2 aliphatic rings. The molecule has 0 bridgehead atoms. The number of nitrogens with one attached hydrogen (secondary N) is 2. The van der Waals surface area contributed by atoms with Crippen LogP contribution in [0.3, 0.4) is 0 Å². The van der Waals surface area contributed by atoms with Gasteiger partial charge in [-0.1, -0.05) is 24.3 Å². The van der Waals surface area contributed by atoms with Crippen LogP contribution in [0.25, 0.3) is 10.8 Å². The standard InChI is InChI=1S/C24H25FN4O2/c1-14(16-7-8-16)26-17-12-29(13-17)24(31)20-10-15(6-9-21(20)25)11-22-18-4-2-3-5-19(18)23(30)28-27-22/h2-6,9-10,14,16-17,26H,7-8,11-13H2,1H3,(H,28,30). The van der Waals surface area contributed by atoms with E-state index in [1.807, 2.05) is 12.1 Å². The number of amides is 1. The van der Waals surface area contributed by atoms with E-state index in [4.69, 9.17) is 0 Å². The summed E-state index contributed by atoms with van der Waals surface area (Å²) in [6.07, 6.45) is 2.95. The Morgan fingerprint density at radius 2 is 1.97 bits per heavy atom. The van der Waals surface area contributed by atoms with Crippen LogP contribution in [0, 0.1) is 11.7 Å². The van der Waals surface area contributed by atoms with Crippen molar-refractivity contribution in [1.29, 1.82) is 0 Å². The van der Waals surface area contributed by atoms with E-state index in [2.05, 4.69) is 22.4 Å². The van der Waals surface area contributed by atoms with Crippen molar-refractivity contribution >= 4 is 16.7 Å². The summed E-state index contributed by atoms with van der Waals surface area (Å²) in [5.74, 6) is -0.0388. The van der Waals surface area contributed by atoms with Crippen molar-refractivity contribution in [3.05, 3.63) is 75.5 Å². The average molecular weight is 420 g/mol. The maximum absolute atomic E-state index is 14.5. The third-order valence-corrected chi connectivity index (χ3v) is 6.40. The van der Waals surface area contributed by atoms with Crippen LogP contribution in [-0.2, 0) is 6.42 Å². The lowest BCUT2D eigenvalue weighted by atomic mass is 10.00. The van der Waals surface area contributed by atoms with Gasteiger partial charge in [0.1, 0.15) is 5.82 Å². The van der Waals surface area contributed by atoms with Crippen LogP contribution >= 0.6 is 0 Å². The average Bonchev–Trinajstić information content (AvgIpc) is 3.59. The Morgan fingerprint density at radius 1 is 1.23 bits per heavy atom. The van der Waals surface area contributed by atoms with Crippen LogP contribution < -0.4 is 10.9 Å². The number of fused-ring (bicyclic) bond motifs is 1. The first-order valence-electron chi connectivity index (χ1n) is 10.8. The number of aromatic amines is 1. The molecule has 0 radical (unpaired) electrons. The molecule has 5 rings (SSSR count). The van der Waals surface area contributed by atoms with Gasteiger partial charge in [0.15, 0.2) is 0 Å². The van der Waals surface area contributed by atoms with Crippen LogP contribution in [0.4, 0.5) is 4.39 Å². The lowest BCUT2D eigenvalue weighted by Crippen LogP contribution is -2.61. The van der Waals surface area contributed by atoms with E-state index >= 15 is 0 Å². The molecule has 1 saturated carbocycles. The summed E-state index contributed by atoms with van der Waals surface area (Å²) >= 11 is 0. The van der Waals surface area contributed by atoms with E-state index in [1.165, 1.54) is 18.9 Å². The quantitative estimate of drug-likeness (QED) is 0.643. The molecule has 0 spiro atoms. The summed E-state index contributed by atoms with van der Waals surface area (Å²) in [5, 5.41) is 11.6. The summed E-state index contributed by atoms with van der Waals surface area (Å²) in [5.41, 5.74) is 1.29. The number of rotatable bonds is 6. The van der Waals surface area contributed by atoms with Crippen LogP contribution in [0.5, 0.6) is 0 Å². The molecule has 3 aromatic rings. The molecule has 2 heterocycles. The molecule has 1 amide bonds. The highest BCUT2D eigenvalue weighted by Gasteiger charge is 2.36. The van der Waals surface area contributed by atoms with Gasteiger partial charge in [-0.25, -0.2) is 9.49 Å². The van der Waals surface area contributed by atoms with Crippen molar-refractivity contribution in [3.8, 4) is 0 Å². The number of hydrogen-bond donors (Lipinski definition) is 2. The Morgan fingerprint density at radius 3 is 2.71 bits per heavy atom. The van der Waals surface area contributed by atoms with Crippen molar-refractivity contribution in [2.24, 2.45) is 5.92 Å². The summed E-state index contributed by atoms with van der Waals surface area (Å²) in [7, 11) is 0. The highest BCUT2D eigenvalue weighted by atomic mass is 19.1. The number of H-pyrrole nitrogens is 1. The molecule has 31 heavy (non-hydrogen) atoms. The molecule has 7 heteroatoms. The lowest BCUT2D eigenvalue weighted by Gasteiger charge is -2.41. The fourth-order valence-corrected chi connectivity index (χ4v) is 4.37.